The Hall–Kier alpha value is -10.9. The van der Waals surface area contributed by atoms with Crippen LogP contribution in [0.2, 0.25) is 0 Å². The minimum Gasteiger partial charge on any atom is -0.484 e. The van der Waals surface area contributed by atoms with Gasteiger partial charge in [0.15, 0.2) is 19.8 Å². The van der Waals surface area contributed by atoms with E-state index >= 15 is 0 Å². The number of nitrogens with one attached hydrogen (secondary N) is 1. The first-order valence-electron chi connectivity index (χ1n) is 29.7. The van der Waals surface area contributed by atoms with Crippen molar-refractivity contribution in [3.05, 3.63) is 223 Å². The van der Waals surface area contributed by atoms with Crippen molar-refractivity contribution in [2.75, 3.05) is 39.5 Å². The van der Waals surface area contributed by atoms with E-state index in [2.05, 4.69) is 20.6 Å². The lowest BCUT2D eigenvalue weighted by atomic mass is 9.89. The maximum Gasteiger partial charge on any atom is 0.422 e. The average molecular weight is 1330 g/mol. The van der Waals surface area contributed by atoms with E-state index in [1.54, 1.807) is 71.6 Å². The molecule has 19 nitrogen and oxygen atoms in total. The maximum absolute atomic E-state index is 14.7. The highest BCUT2D eigenvalue weighted by molar-refractivity contribution is 5.83. The largest absolute Gasteiger partial charge is 0.484 e. The first-order valence-corrected chi connectivity index (χ1v) is 29.7. The summed E-state index contributed by atoms with van der Waals surface area (Å²) in [6.45, 7) is -5.46. The van der Waals surface area contributed by atoms with Gasteiger partial charge in [0, 0.05) is 66.5 Å². The first kappa shape index (κ1) is 66.6. The molecule has 96 heavy (non-hydrogen) atoms. The zero-order valence-corrected chi connectivity index (χ0v) is 50.4. The minimum atomic E-state index is -4.61. The molecule has 3 amide bonds. The smallest absolute Gasteiger partial charge is 0.422 e. The fraction of sp³-hybridized carbons (Fsp3) is 0.250. The normalized spacial score (nSPS) is 14.2. The maximum atomic E-state index is 14.7. The van der Waals surface area contributed by atoms with E-state index in [1.807, 2.05) is 6.07 Å². The van der Waals surface area contributed by atoms with Crippen LogP contribution in [0.1, 0.15) is 40.6 Å². The Kier molecular flexibility index (Phi) is 19.4. The van der Waals surface area contributed by atoms with Gasteiger partial charge in [-0.3, -0.25) is 28.8 Å². The van der Waals surface area contributed by atoms with Crippen LogP contribution in [0, 0.1) is 0 Å². The molecule has 0 aliphatic carbocycles. The molecular weight excluding hydrogens is 1270 g/mol. The minimum absolute atomic E-state index is 0.0348. The first-order chi connectivity index (χ1) is 45.8. The fourth-order valence-corrected chi connectivity index (χ4v) is 10.8. The number of halogens is 9. The second-order valence-corrected chi connectivity index (χ2v) is 22.7. The number of amides is 3. The van der Waals surface area contributed by atoms with E-state index in [0.29, 0.717) is 45.4 Å². The highest BCUT2D eigenvalue weighted by Crippen LogP contribution is 2.38. The van der Waals surface area contributed by atoms with Gasteiger partial charge in [-0.2, -0.15) is 54.8 Å². The number of hydrogen-bond acceptors (Lipinski definition) is 13. The highest BCUT2D eigenvalue weighted by Gasteiger charge is 2.36. The number of aliphatic hydroxyl groups is 1. The molecule has 2 aliphatic heterocycles. The molecule has 2 saturated heterocycles. The van der Waals surface area contributed by atoms with Crippen molar-refractivity contribution in [3.8, 4) is 73.3 Å². The SMILES string of the molecule is O=C(Cn1nc(-c2ccc(OCC(F)(F)F)cc2)c(-c2cccc(C3CCN3C(=O)Cn3nc(-c4ccc(OCC(F)(F)F)cc4)cc(-c4cccc(C5CN(C(=O)Cn6nc(-c7ccc(OCC(F)(F)F)cc7)ccc6=O)C5)c4)c3=O)c2)cc1=O)NCc1ccc(CO)cc1. The van der Waals surface area contributed by atoms with Gasteiger partial charge < -0.3 is 34.4 Å². The zero-order valence-electron chi connectivity index (χ0n) is 50.4. The van der Waals surface area contributed by atoms with Gasteiger partial charge in [0.25, 0.3) is 16.7 Å². The third kappa shape index (κ3) is 16.5. The Balaban J connectivity index is 0.825. The summed E-state index contributed by atoms with van der Waals surface area (Å²) in [7, 11) is 0. The number of aliphatic hydroxyl groups excluding tert-OH is 1. The second kappa shape index (κ2) is 28.0. The lowest BCUT2D eigenvalue weighted by Crippen LogP contribution is -2.50. The van der Waals surface area contributed by atoms with Crippen molar-refractivity contribution in [1.29, 1.82) is 0 Å². The van der Waals surface area contributed by atoms with Crippen molar-refractivity contribution in [1.82, 2.24) is 44.5 Å². The van der Waals surface area contributed by atoms with Crippen LogP contribution in [0.5, 0.6) is 17.2 Å². The summed E-state index contributed by atoms with van der Waals surface area (Å²) < 4.78 is 134. The number of rotatable bonds is 22. The summed E-state index contributed by atoms with van der Waals surface area (Å²) in [6.07, 6.45) is -13.3. The average Bonchev–Trinajstić information content (AvgIpc) is 0.778. The highest BCUT2D eigenvalue weighted by atomic mass is 19.4. The molecule has 1 atom stereocenters. The number of carbonyl (C=O) groups excluding carboxylic acids is 3. The molecule has 6 aromatic carbocycles. The Morgan fingerprint density at radius 3 is 1.57 bits per heavy atom. The number of ether oxygens (including phenoxy) is 3. The lowest BCUT2D eigenvalue weighted by Gasteiger charge is -2.41. The number of benzene rings is 6. The molecule has 2 aliphatic rings. The quantitative estimate of drug-likeness (QED) is 0.0604. The Bertz CT molecular complexity index is 4520. The third-order valence-electron chi connectivity index (χ3n) is 15.9. The van der Waals surface area contributed by atoms with Gasteiger partial charge in [-0.1, -0.05) is 66.7 Å². The van der Waals surface area contributed by atoms with Crippen molar-refractivity contribution in [3.63, 3.8) is 0 Å². The van der Waals surface area contributed by atoms with Crippen molar-refractivity contribution in [2.24, 2.45) is 0 Å². The summed E-state index contributed by atoms with van der Waals surface area (Å²) in [5, 5.41) is 25.7. The topological polar surface area (TPSA) is 222 Å². The molecule has 2 fully saturated rings. The van der Waals surface area contributed by atoms with Gasteiger partial charge in [-0.15, -0.1) is 0 Å². The molecule has 0 radical (unpaired) electrons. The Morgan fingerprint density at radius 2 is 1.01 bits per heavy atom. The van der Waals surface area contributed by atoms with Crippen LogP contribution in [0.4, 0.5) is 39.5 Å². The third-order valence-corrected chi connectivity index (χ3v) is 15.9. The van der Waals surface area contributed by atoms with E-state index in [1.165, 1.54) is 102 Å². The van der Waals surface area contributed by atoms with Gasteiger partial charge >= 0.3 is 18.5 Å². The molecule has 11 rings (SSSR count). The van der Waals surface area contributed by atoms with E-state index in [-0.39, 0.29) is 84.2 Å². The predicted octanol–water partition coefficient (Wildman–Crippen LogP) is 9.92. The Morgan fingerprint density at radius 1 is 0.500 bits per heavy atom. The van der Waals surface area contributed by atoms with Gasteiger partial charge in [0.05, 0.1) is 35.3 Å². The van der Waals surface area contributed by atoms with E-state index in [4.69, 9.17) is 14.2 Å². The zero-order chi connectivity index (χ0) is 68.1. The molecule has 9 aromatic rings. The fourth-order valence-electron chi connectivity index (χ4n) is 10.8. The molecule has 3 aromatic heterocycles. The monoisotopic (exact) mass is 1330 g/mol. The number of likely N-dealkylation sites (tertiary alicyclic amines) is 2. The van der Waals surface area contributed by atoms with Crippen LogP contribution < -0.4 is 36.2 Å². The van der Waals surface area contributed by atoms with Crippen LogP contribution >= 0.6 is 0 Å². The summed E-state index contributed by atoms with van der Waals surface area (Å²) in [5.41, 5.74) is 3.79. The number of carbonyl (C=O) groups is 3. The van der Waals surface area contributed by atoms with E-state index in [0.717, 1.165) is 25.2 Å². The van der Waals surface area contributed by atoms with Gasteiger partial charge in [0.1, 0.15) is 36.9 Å². The summed E-state index contributed by atoms with van der Waals surface area (Å²) >= 11 is 0. The molecule has 0 saturated carbocycles. The van der Waals surface area contributed by atoms with Crippen LogP contribution in [-0.4, -0.2) is 120 Å². The number of nitrogens with zero attached hydrogens (tertiary/aromatic N) is 8. The lowest BCUT2D eigenvalue weighted by molar-refractivity contribution is -0.154. The molecule has 1 unspecified atom stereocenters. The van der Waals surface area contributed by atoms with Gasteiger partial charge in [-0.05, 0) is 131 Å². The summed E-state index contributed by atoms with van der Waals surface area (Å²) in [6, 6.07) is 42.1. The molecule has 0 bridgehead atoms. The predicted molar refractivity (Wildman–Crippen MR) is 330 cm³/mol. The van der Waals surface area contributed by atoms with Gasteiger partial charge in [-0.25, -0.2) is 14.0 Å². The van der Waals surface area contributed by atoms with Crippen LogP contribution in [-0.2, 0) is 47.2 Å². The number of hydrogen-bond donors (Lipinski definition) is 2. The second-order valence-electron chi connectivity index (χ2n) is 22.7. The molecule has 496 valence electrons. The van der Waals surface area contributed by atoms with Gasteiger partial charge in [0.2, 0.25) is 17.7 Å². The molecule has 5 heterocycles. The molecule has 0 spiro atoms. The van der Waals surface area contributed by atoms with E-state index < -0.39 is 98.4 Å². The Labute approximate surface area is 539 Å². The summed E-state index contributed by atoms with van der Waals surface area (Å²) in [5.74, 6) is -1.99. The van der Waals surface area contributed by atoms with Crippen LogP contribution in [0.15, 0.2) is 184 Å². The summed E-state index contributed by atoms with van der Waals surface area (Å²) in [4.78, 5) is 85.9. The molecule has 28 heteroatoms. The van der Waals surface area contributed by atoms with E-state index in [9.17, 15) is 73.4 Å². The standard InChI is InChI=1S/C68H56F9N9O10/c69-66(70,71)38-94-51-17-11-43(12-18-51)56-23-24-60(89)85(79-56)35-62(91)82-32-50(33-82)46-3-1-5-48(27-46)55-29-57(44-13-19-52(20-14-44)95-39-67(72,73)74)80-86(65(55)93)36-63(92)83-26-25-58(83)49-6-2-4-47(28-49)54-30-61(90)84(34-59(88)78-31-41-7-9-42(37-87)10-8-41)81-64(54)45-15-21-53(22-16-45)96-40-68(75,76)77/h1-24,27-30,50,58,87H,25-26,31-40H2,(H,78,88). The van der Waals surface area contributed by atoms with Crippen molar-refractivity contribution >= 4 is 17.7 Å². The van der Waals surface area contributed by atoms with Crippen molar-refractivity contribution in [2.45, 2.75) is 69.7 Å². The number of aromatic nitrogens is 6. The van der Waals surface area contributed by atoms with Crippen LogP contribution in [0.3, 0.4) is 0 Å². The molecular formula is C68H56F9N9O10. The van der Waals surface area contributed by atoms with Crippen molar-refractivity contribution < 1.29 is 73.2 Å². The number of alkyl halides is 9. The van der Waals surface area contributed by atoms with Crippen LogP contribution in [0.25, 0.3) is 56.0 Å². The molecule has 2 N–H and O–H groups in total.